The number of nitrogens with one attached hydrogen (secondary N) is 1. The minimum atomic E-state index is -4.49. The molecule has 0 unspecified atom stereocenters. The Morgan fingerprint density at radius 3 is 2.56 bits per heavy atom. The summed E-state index contributed by atoms with van der Waals surface area (Å²) in [4.78, 5) is 14.4. The van der Waals surface area contributed by atoms with Crippen molar-refractivity contribution in [3.05, 3.63) is 64.7 Å². The summed E-state index contributed by atoms with van der Waals surface area (Å²) in [5.41, 5.74) is 4.32. The van der Waals surface area contributed by atoms with Gasteiger partial charge in [-0.2, -0.15) is 18.3 Å². The number of hydrogen-bond acceptors (Lipinski definition) is 3. The van der Waals surface area contributed by atoms with Gasteiger partial charge in [-0.3, -0.25) is 4.79 Å². The van der Waals surface area contributed by atoms with Crippen LogP contribution in [0.4, 0.5) is 18.9 Å². The molecule has 0 atom stereocenters. The number of amides is 1. The SMILES string of the molecule is Cc1cc(N2CCCC2)ccc1/C=N\NC(=O)c1cccc(C(F)(F)F)c1. The Hall–Kier alpha value is -2.83. The Bertz CT molecular complexity index is 856. The number of hydrogen-bond donors (Lipinski definition) is 1. The highest BCUT2D eigenvalue weighted by molar-refractivity contribution is 5.95. The molecule has 1 fully saturated rings. The van der Waals surface area contributed by atoms with Crippen LogP contribution in [0.25, 0.3) is 0 Å². The van der Waals surface area contributed by atoms with Crippen LogP contribution in [0.1, 0.15) is 39.9 Å². The van der Waals surface area contributed by atoms with Crippen LogP contribution in [-0.4, -0.2) is 25.2 Å². The van der Waals surface area contributed by atoms with Gasteiger partial charge in [0, 0.05) is 24.3 Å². The molecule has 1 aliphatic rings. The Morgan fingerprint density at radius 2 is 1.89 bits per heavy atom. The van der Waals surface area contributed by atoms with E-state index in [4.69, 9.17) is 0 Å². The second kappa shape index (κ2) is 7.82. The highest BCUT2D eigenvalue weighted by Crippen LogP contribution is 2.29. The van der Waals surface area contributed by atoms with Gasteiger partial charge < -0.3 is 4.90 Å². The van der Waals surface area contributed by atoms with E-state index < -0.39 is 17.6 Å². The molecular weight excluding hydrogens is 355 g/mol. The molecule has 1 amide bonds. The van der Waals surface area contributed by atoms with Crippen molar-refractivity contribution < 1.29 is 18.0 Å². The number of halogens is 3. The summed E-state index contributed by atoms with van der Waals surface area (Å²) in [6.07, 6.45) is -0.601. The van der Waals surface area contributed by atoms with Crippen molar-refractivity contribution in [3.63, 3.8) is 0 Å². The molecule has 0 aliphatic carbocycles. The molecule has 0 spiro atoms. The van der Waals surface area contributed by atoms with E-state index >= 15 is 0 Å². The zero-order valence-electron chi connectivity index (χ0n) is 14.9. The van der Waals surface area contributed by atoms with Crippen molar-refractivity contribution in [2.45, 2.75) is 25.9 Å². The Balaban J connectivity index is 1.66. The first-order chi connectivity index (χ1) is 12.8. The van der Waals surface area contributed by atoms with Crippen molar-refractivity contribution in [2.24, 2.45) is 5.10 Å². The maximum atomic E-state index is 12.7. The van der Waals surface area contributed by atoms with E-state index in [-0.39, 0.29) is 5.56 Å². The predicted molar refractivity (Wildman–Crippen MR) is 99.1 cm³/mol. The summed E-state index contributed by atoms with van der Waals surface area (Å²) in [5.74, 6) is -0.691. The van der Waals surface area contributed by atoms with Crippen LogP contribution >= 0.6 is 0 Å². The minimum Gasteiger partial charge on any atom is -0.372 e. The number of rotatable bonds is 4. The van der Waals surface area contributed by atoms with Crippen molar-refractivity contribution in [1.82, 2.24) is 5.43 Å². The number of aryl methyl sites for hydroxylation is 1. The van der Waals surface area contributed by atoms with Crippen LogP contribution in [0.15, 0.2) is 47.6 Å². The minimum absolute atomic E-state index is 0.0944. The van der Waals surface area contributed by atoms with Crippen LogP contribution in [0.5, 0.6) is 0 Å². The first-order valence-electron chi connectivity index (χ1n) is 8.71. The molecule has 0 aromatic heterocycles. The van der Waals surface area contributed by atoms with E-state index in [1.54, 1.807) is 0 Å². The van der Waals surface area contributed by atoms with E-state index in [2.05, 4.69) is 21.5 Å². The van der Waals surface area contributed by atoms with Gasteiger partial charge >= 0.3 is 6.18 Å². The number of benzene rings is 2. The maximum absolute atomic E-state index is 12.7. The topological polar surface area (TPSA) is 44.7 Å². The highest BCUT2D eigenvalue weighted by atomic mass is 19.4. The average Bonchev–Trinajstić information content (AvgIpc) is 3.17. The molecule has 1 aliphatic heterocycles. The number of carbonyl (C=O) groups excluding carboxylic acids is 1. The van der Waals surface area contributed by atoms with Crippen LogP contribution in [0.3, 0.4) is 0 Å². The Morgan fingerprint density at radius 1 is 1.15 bits per heavy atom. The molecule has 27 heavy (non-hydrogen) atoms. The van der Waals surface area contributed by atoms with Gasteiger partial charge in [-0.15, -0.1) is 0 Å². The Kier molecular flexibility index (Phi) is 5.48. The quantitative estimate of drug-likeness (QED) is 0.637. The number of nitrogens with zero attached hydrogens (tertiary/aromatic N) is 2. The number of alkyl halides is 3. The third-order valence-electron chi connectivity index (χ3n) is 4.55. The summed E-state index contributed by atoms with van der Waals surface area (Å²) in [6.45, 7) is 4.06. The van der Waals surface area contributed by atoms with Crippen molar-refractivity contribution in [1.29, 1.82) is 0 Å². The molecule has 2 aromatic rings. The van der Waals surface area contributed by atoms with Gasteiger partial charge in [-0.05, 0) is 61.2 Å². The third kappa shape index (κ3) is 4.67. The predicted octanol–water partition coefficient (Wildman–Crippen LogP) is 4.38. The molecule has 1 N–H and O–H groups in total. The molecule has 3 rings (SSSR count). The summed E-state index contributed by atoms with van der Waals surface area (Å²) >= 11 is 0. The molecule has 1 saturated heterocycles. The first kappa shape index (κ1) is 18.9. The normalized spacial score (nSPS) is 14.7. The zero-order chi connectivity index (χ0) is 19.4. The highest BCUT2D eigenvalue weighted by Gasteiger charge is 2.30. The van der Waals surface area contributed by atoms with Gasteiger partial charge in [-0.25, -0.2) is 5.43 Å². The second-order valence-electron chi connectivity index (χ2n) is 6.51. The van der Waals surface area contributed by atoms with Crippen LogP contribution in [0.2, 0.25) is 0 Å². The lowest BCUT2D eigenvalue weighted by Gasteiger charge is -2.18. The Labute approximate surface area is 155 Å². The van der Waals surface area contributed by atoms with Gasteiger partial charge in [0.2, 0.25) is 0 Å². The fourth-order valence-electron chi connectivity index (χ4n) is 3.04. The fourth-order valence-corrected chi connectivity index (χ4v) is 3.04. The first-order valence-corrected chi connectivity index (χ1v) is 8.71. The molecule has 142 valence electrons. The van der Waals surface area contributed by atoms with Crippen LogP contribution in [-0.2, 0) is 6.18 Å². The number of hydrazone groups is 1. The molecule has 0 saturated carbocycles. The van der Waals surface area contributed by atoms with Gasteiger partial charge in [0.15, 0.2) is 0 Å². The summed E-state index contributed by atoms with van der Waals surface area (Å²) in [6, 6.07) is 10.2. The van der Waals surface area contributed by atoms with E-state index in [0.29, 0.717) is 0 Å². The van der Waals surface area contributed by atoms with E-state index in [1.165, 1.54) is 31.2 Å². The van der Waals surface area contributed by atoms with Crippen molar-refractivity contribution >= 4 is 17.8 Å². The molecule has 1 heterocycles. The lowest BCUT2D eigenvalue weighted by molar-refractivity contribution is -0.137. The summed E-state index contributed by atoms with van der Waals surface area (Å²) in [7, 11) is 0. The molecule has 7 heteroatoms. The van der Waals surface area contributed by atoms with Gasteiger partial charge in [0.05, 0.1) is 11.8 Å². The summed E-state index contributed by atoms with van der Waals surface area (Å²) in [5, 5.41) is 3.88. The van der Waals surface area contributed by atoms with Crippen LogP contribution < -0.4 is 10.3 Å². The van der Waals surface area contributed by atoms with E-state index in [0.717, 1.165) is 42.0 Å². The van der Waals surface area contributed by atoms with E-state index in [9.17, 15) is 18.0 Å². The lowest BCUT2D eigenvalue weighted by atomic mass is 10.1. The maximum Gasteiger partial charge on any atom is 0.416 e. The molecule has 0 radical (unpaired) electrons. The monoisotopic (exact) mass is 375 g/mol. The largest absolute Gasteiger partial charge is 0.416 e. The molecule has 4 nitrogen and oxygen atoms in total. The second-order valence-corrected chi connectivity index (χ2v) is 6.51. The summed E-state index contributed by atoms with van der Waals surface area (Å²) < 4.78 is 38.2. The standard InChI is InChI=1S/C20H20F3N3O/c1-14-11-18(26-9-2-3-10-26)8-7-16(14)13-24-25-19(27)15-5-4-6-17(12-15)20(21,22)23/h4-8,11-13H,2-3,9-10H2,1H3,(H,25,27)/b24-13-. The van der Waals surface area contributed by atoms with Gasteiger partial charge in [-0.1, -0.05) is 12.1 Å². The lowest BCUT2D eigenvalue weighted by Crippen LogP contribution is -2.19. The van der Waals surface area contributed by atoms with Crippen molar-refractivity contribution in [2.75, 3.05) is 18.0 Å². The van der Waals surface area contributed by atoms with E-state index in [1.807, 2.05) is 19.1 Å². The fraction of sp³-hybridized carbons (Fsp3) is 0.300. The average molecular weight is 375 g/mol. The third-order valence-corrected chi connectivity index (χ3v) is 4.55. The van der Waals surface area contributed by atoms with Gasteiger partial charge in [0.1, 0.15) is 0 Å². The van der Waals surface area contributed by atoms with Gasteiger partial charge in [0.25, 0.3) is 5.91 Å². The smallest absolute Gasteiger partial charge is 0.372 e. The molecular formula is C20H20F3N3O. The van der Waals surface area contributed by atoms with Crippen LogP contribution in [0, 0.1) is 6.92 Å². The number of carbonyl (C=O) groups is 1. The number of anilines is 1. The van der Waals surface area contributed by atoms with Crippen molar-refractivity contribution in [3.8, 4) is 0 Å². The zero-order valence-corrected chi connectivity index (χ0v) is 14.9. The molecule has 0 bridgehead atoms. The molecule has 2 aromatic carbocycles.